The van der Waals surface area contributed by atoms with Crippen molar-refractivity contribution in [3.05, 3.63) is 29.6 Å². The molecule has 1 aromatic heterocycles. The summed E-state index contributed by atoms with van der Waals surface area (Å²) in [5.74, 6) is -4.90. The van der Waals surface area contributed by atoms with Gasteiger partial charge in [-0.05, 0) is 169 Å². The minimum atomic E-state index is -1.39. The van der Waals surface area contributed by atoms with Crippen LogP contribution in [0.1, 0.15) is 222 Å². The number of ether oxygens (including phenoxy) is 6. The average molecular weight is 962 g/mol. The standard InChI is InChI=1S/C51H83N3O14/c1-44(2,3)63-36(55)19-25-50(26-20-37(56)64-45(4,5)6,27-21-38(57)65-46(7,8)9)53-42(61)34-31-35(33-52-32-34)43(62)54-51(28-22-39(58)66-47(10,11)12,29-23-40(59)67-48(13,14)15)30-24-41(60)68-49(16,17)18/h31-33H,19-30H2,1-18H3,(H,53,61)(H,54,62). The average Bonchev–Trinajstić information content (AvgIpc) is 3.12. The molecule has 0 spiro atoms. The lowest BCUT2D eigenvalue weighted by Crippen LogP contribution is -2.50. The second kappa shape index (κ2) is 24.5. The van der Waals surface area contributed by atoms with Gasteiger partial charge in [0.15, 0.2) is 0 Å². The fourth-order valence-electron chi connectivity index (χ4n) is 6.84. The lowest BCUT2D eigenvalue weighted by atomic mass is 9.83. The summed E-state index contributed by atoms with van der Waals surface area (Å²) >= 11 is 0. The highest BCUT2D eigenvalue weighted by Crippen LogP contribution is 2.31. The summed E-state index contributed by atoms with van der Waals surface area (Å²) in [5.41, 5.74) is -7.86. The van der Waals surface area contributed by atoms with Crippen molar-refractivity contribution in [3.8, 4) is 0 Å². The molecule has 17 nitrogen and oxygen atoms in total. The molecule has 386 valence electrons. The second-order valence-corrected chi connectivity index (χ2v) is 23.4. The van der Waals surface area contributed by atoms with Crippen molar-refractivity contribution < 1.29 is 66.8 Å². The van der Waals surface area contributed by atoms with Gasteiger partial charge in [-0.25, -0.2) is 0 Å². The van der Waals surface area contributed by atoms with Crippen molar-refractivity contribution in [2.24, 2.45) is 0 Å². The topological polar surface area (TPSA) is 229 Å². The van der Waals surface area contributed by atoms with E-state index in [1.54, 1.807) is 125 Å². The zero-order valence-corrected chi connectivity index (χ0v) is 44.4. The maximum atomic E-state index is 14.4. The number of nitrogens with one attached hydrogen (secondary N) is 2. The van der Waals surface area contributed by atoms with Gasteiger partial charge in [0.25, 0.3) is 11.8 Å². The Kier molecular flexibility index (Phi) is 21.9. The summed E-state index contributed by atoms with van der Waals surface area (Å²) in [7, 11) is 0. The van der Waals surface area contributed by atoms with Crippen molar-refractivity contribution >= 4 is 47.6 Å². The number of nitrogens with zero attached hydrogens (tertiary/aromatic N) is 1. The van der Waals surface area contributed by atoms with E-state index in [1.165, 1.54) is 18.5 Å². The van der Waals surface area contributed by atoms with Gasteiger partial charge in [-0.15, -0.1) is 0 Å². The Bertz CT molecular complexity index is 1620. The molecule has 0 unspecified atom stereocenters. The van der Waals surface area contributed by atoms with Crippen LogP contribution in [-0.4, -0.2) is 97.3 Å². The molecule has 2 N–H and O–H groups in total. The summed E-state index contributed by atoms with van der Waals surface area (Å²) < 4.78 is 33.5. The van der Waals surface area contributed by atoms with Crippen LogP contribution in [0.5, 0.6) is 0 Å². The van der Waals surface area contributed by atoms with Crippen molar-refractivity contribution in [1.29, 1.82) is 0 Å². The van der Waals surface area contributed by atoms with Crippen LogP contribution in [0.2, 0.25) is 0 Å². The molecule has 0 aliphatic heterocycles. The van der Waals surface area contributed by atoms with E-state index in [9.17, 15) is 38.4 Å². The van der Waals surface area contributed by atoms with Crippen LogP contribution >= 0.6 is 0 Å². The fraction of sp³-hybridized carbons (Fsp3) is 0.745. The van der Waals surface area contributed by atoms with Gasteiger partial charge in [-0.3, -0.25) is 43.3 Å². The minimum absolute atomic E-state index is 0.0533. The molecular formula is C51H83N3O14. The Morgan fingerprint density at radius 3 is 0.691 bits per heavy atom. The smallest absolute Gasteiger partial charge is 0.306 e. The van der Waals surface area contributed by atoms with E-state index >= 15 is 0 Å². The van der Waals surface area contributed by atoms with Crippen molar-refractivity contribution in [2.45, 2.75) is 246 Å². The molecule has 0 radical (unpaired) electrons. The van der Waals surface area contributed by atoms with E-state index in [-0.39, 0.29) is 88.2 Å². The van der Waals surface area contributed by atoms with Crippen LogP contribution < -0.4 is 10.6 Å². The molecule has 1 aromatic rings. The first-order chi connectivity index (χ1) is 30.6. The summed E-state index contributed by atoms with van der Waals surface area (Å²) in [6.07, 6.45) is 0.966. The Balaban J connectivity index is 3.86. The van der Waals surface area contributed by atoms with Crippen LogP contribution in [0.3, 0.4) is 0 Å². The van der Waals surface area contributed by atoms with E-state index < -0.39 is 92.3 Å². The van der Waals surface area contributed by atoms with Gasteiger partial charge >= 0.3 is 35.8 Å². The van der Waals surface area contributed by atoms with E-state index in [0.717, 1.165) is 0 Å². The number of aromatic nitrogens is 1. The highest BCUT2D eigenvalue weighted by atomic mass is 16.6. The Morgan fingerprint density at radius 2 is 0.529 bits per heavy atom. The second-order valence-electron chi connectivity index (χ2n) is 23.4. The first kappa shape index (κ1) is 60.9. The molecule has 17 heteroatoms. The van der Waals surface area contributed by atoms with Gasteiger partial charge in [0.2, 0.25) is 0 Å². The molecule has 0 fully saturated rings. The normalized spacial score (nSPS) is 12.9. The Hall–Kier alpha value is -5.09. The third-order valence-corrected chi connectivity index (χ3v) is 9.39. The summed E-state index contributed by atoms with van der Waals surface area (Å²) in [6, 6.07) is 1.29. The van der Waals surface area contributed by atoms with Gasteiger partial charge < -0.3 is 39.1 Å². The zero-order valence-electron chi connectivity index (χ0n) is 44.4. The van der Waals surface area contributed by atoms with Gasteiger partial charge in [-0.1, -0.05) is 0 Å². The monoisotopic (exact) mass is 962 g/mol. The number of amides is 2. The maximum absolute atomic E-state index is 14.4. The predicted octanol–water partition coefficient (Wildman–Crippen LogP) is 8.75. The molecule has 0 atom stereocenters. The third kappa shape index (κ3) is 27.7. The quantitative estimate of drug-likeness (QED) is 0.0818. The van der Waals surface area contributed by atoms with Crippen LogP contribution in [0.4, 0.5) is 0 Å². The first-order valence-corrected chi connectivity index (χ1v) is 23.5. The number of hydrogen-bond acceptors (Lipinski definition) is 15. The number of esters is 6. The van der Waals surface area contributed by atoms with E-state index in [2.05, 4.69) is 15.6 Å². The highest BCUT2D eigenvalue weighted by Gasteiger charge is 2.38. The minimum Gasteiger partial charge on any atom is -0.460 e. The van der Waals surface area contributed by atoms with Gasteiger partial charge in [0, 0.05) is 62.0 Å². The van der Waals surface area contributed by atoms with Crippen LogP contribution in [-0.2, 0) is 57.2 Å². The lowest BCUT2D eigenvalue weighted by molar-refractivity contribution is -0.158. The Labute approximate surface area is 405 Å². The summed E-state index contributed by atoms with van der Waals surface area (Å²) in [6.45, 7) is 30.9. The van der Waals surface area contributed by atoms with Crippen molar-refractivity contribution in [2.75, 3.05) is 0 Å². The molecule has 0 bridgehead atoms. The molecule has 2 amide bonds. The number of carbonyl (C=O) groups is 8. The van der Waals surface area contributed by atoms with E-state index in [0.29, 0.717) is 0 Å². The lowest BCUT2D eigenvalue weighted by Gasteiger charge is -2.36. The third-order valence-electron chi connectivity index (χ3n) is 9.39. The molecule has 0 aliphatic rings. The molecule has 0 saturated carbocycles. The van der Waals surface area contributed by atoms with Gasteiger partial charge in [-0.2, -0.15) is 0 Å². The molecule has 1 heterocycles. The molecule has 1 rings (SSSR count). The van der Waals surface area contributed by atoms with Crippen LogP contribution in [0.25, 0.3) is 0 Å². The molecular weight excluding hydrogens is 879 g/mol. The number of hydrogen-bond donors (Lipinski definition) is 2. The molecule has 0 saturated heterocycles. The Morgan fingerprint density at radius 1 is 0.353 bits per heavy atom. The van der Waals surface area contributed by atoms with Gasteiger partial charge in [0.1, 0.15) is 33.6 Å². The largest absolute Gasteiger partial charge is 0.460 e. The van der Waals surface area contributed by atoms with Crippen LogP contribution in [0.15, 0.2) is 18.5 Å². The zero-order chi connectivity index (χ0) is 52.7. The summed E-state index contributed by atoms with van der Waals surface area (Å²) in [5, 5.41) is 5.96. The van der Waals surface area contributed by atoms with Crippen LogP contribution in [0, 0.1) is 0 Å². The number of pyridine rings is 1. The number of carbonyl (C=O) groups excluding carboxylic acids is 8. The van der Waals surface area contributed by atoms with Gasteiger partial charge in [0.05, 0.1) is 11.1 Å². The first-order valence-electron chi connectivity index (χ1n) is 23.5. The maximum Gasteiger partial charge on any atom is 0.306 e. The molecule has 0 aliphatic carbocycles. The van der Waals surface area contributed by atoms with E-state index in [4.69, 9.17) is 28.4 Å². The van der Waals surface area contributed by atoms with E-state index in [1.807, 2.05) is 0 Å². The molecule has 0 aromatic carbocycles. The fourth-order valence-corrected chi connectivity index (χ4v) is 6.84. The molecule has 68 heavy (non-hydrogen) atoms. The highest BCUT2D eigenvalue weighted by molar-refractivity contribution is 6.00. The van der Waals surface area contributed by atoms with Crippen molar-refractivity contribution in [3.63, 3.8) is 0 Å². The summed E-state index contributed by atoms with van der Waals surface area (Å²) in [4.78, 5) is 112. The SMILES string of the molecule is CC(C)(C)OC(=O)CCC(CCC(=O)OC(C)(C)C)(CCC(=O)OC(C)(C)C)NC(=O)c1cncc(C(=O)NC(CCC(=O)OC(C)(C)C)(CCC(=O)OC(C)(C)C)CCC(=O)OC(C)(C)C)c1. The van der Waals surface area contributed by atoms with Crippen molar-refractivity contribution in [1.82, 2.24) is 15.6 Å². The predicted molar refractivity (Wildman–Crippen MR) is 255 cm³/mol. The number of rotatable bonds is 22.